The van der Waals surface area contributed by atoms with Gasteiger partial charge in [-0.15, -0.1) is 0 Å². The molecule has 0 unspecified atom stereocenters. The predicted octanol–water partition coefficient (Wildman–Crippen LogP) is 1.83. The minimum atomic E-state index is 0.0398. The summed E-state index contributed by atoms with van der Waals surface area (Å²) in [5.41, 5.74) is 0. The fourth-order valence-electron chi connectivity index (χ4n) is 4.15. The van der Waals surface area contributed by atoms with Crippen LogP contribution < -0.4 is 5.32 Å². The summed E-state index contributed by atoms with van der Waals surface area (Å²) in [5.74, 6) is 2.42. The lowest BCUT2D eigenvalue weighted by Crippen LogP contribution is -2.44. The highest BCUT2D eigenvalue weighted by Gasteiger charge is 2.31. The summed E-state index contributed by atoms with van der Waals surface area (Å²) in [6.07, 6.45) is 6.87. The molecule has 7 heteroatoms. The van der Waals surface area contributed by atoms with E-state index in [1.165, 1.54) is 12.8 Å². The number of aryl methyl sites for hydroxylation is 3. The van der Waals surface area contributed by atoms with Crippen molar-refractivity contribution in [3.8, 4) is 0 Å². The van der Waals surface area contributed by atoms with E-state index in [2.05, 4.69) is 15.4 Å². The van der Waals surface area contributed by atoms with E-state index in [1.807, 2.05) is 23.4 Å². The standard InChI is InChI=1S/C19H31N5O2/c1-14-21-15(2)24(22-14)11-5-10-20-18(25)16-8-12-23(13-9-16)19(26)17-6-3-4-7-17/h16-17H,3-13H2,1-2H3,(H,20,25). The first-order valence-corrected chi connectivity index (χ1v) is 9.99. The smallest absolute Gasteiger partial charge is 0.225 e. The Morgan fingerprint density at radius 2 is 1.77 bits per heavy atom. The van der Waals surface area contributed by atoms with Crippen LogP contribution in [0.2, 0.25) is 0 Å². The van der Waals surface area contributed by atoms with Crippen LogP contribution in [0.25, 0.3) is 0 Å². The number of aromatic nitrogens is 3. The monoisotopic (exact) mass is 361 g/mol. The molecule has 1 aliphatic carbocycles. The van der Waals surface area contributed by atoms with Gasteiger partial charge in [-0.2, -0.15) is 5.10 Å². The molecule has 1 saturated carbocycles. The number of nitrogens with zero attached hydrogens (tertiary/aromatic N) is 4. The van der Waals surface area contributed by atoms with Crippen LogP contribution in [0.5, 0.6) is 0 Å². The van der Waals surface area contributed by atoms with Crippen molar-refractivity contribution in [2.45, 2.75) is 65.3 Å². The third-order valence-electron chi connectivity index (χ3n) is 5.69. The van der Waals surface area contributed by atoms with E-state index in [9.17, 15) is 9.59 Å². The van der Waals surface area contributed by atoms with Crippen LogP contribution in [0.3, 0.4) is 0 Å². The summed E-state index contributed by atoms with van der Waals surface area (Å²) >= 11 is 0. The van der Waals surface area contributed by atoms with Crippen molar-refractivity contribution in [1.82, 2.24) is 25.0 Å². The van der Waals surface area contributed by atoms with Crippen molar-refractivity contribution in [3.05, 3.63) is 11.6 Å². The number of hydrogen-bond donors (Lipinski definition) is 1. The number of carbonyl (C=O) groups excluding carboxylic acids is 2. The zero-order valence-corrected chi connectivity index (χ0v) is 16.0. The van der Waals surface area contributed by atoms with Crippen LogP contribution in [0, 0.1) is 25.7 Å². The van der Waals surface area contributed by atoms with Gasteiger partial charge in [0.1, 0.15) is 11.6 Å². The molecule has 1 N–H and O–H groups in total. The molecule has 144 valence electrons. The number of amides is 2. The maximum absolute atomic E-state index is 12.5. The van der Waals surface area contributed by atoms with Crippen molar-refractivity contribution in [3.63, 3.8) is 0 Å². The average Bonchev–Trinajstić information content (AvgIpc) is 3.28. The second-order valence-corrected chi connectivity index (χ2v) is 7.65. The van der Waals surface area contributed by atoms with Crippen LogP contribution in [0.1, 0.15) is 56.6 Å². The lowest BCUT2D eigenvalue weighted by Gasteiger charge is -2.33. The summed E-state index contributed by atoms with van der Waals surface area (Å²) in [5, 5.41) is 7.37. The zero-order valence-electron chi connectivity index (χ0n) is 16.0. The highest BCUT2D eigenvalue weighted by Crippen LogP contribution is 2.28. The average molecular weight is 361 g/mol. The number of hydrogen-bond acceptors (Lipinski definition) is 4. The molecule has 3 rings (SSSR count). The molecule has 2 aliphatic rings. The quantitative estimate of drug-likeness (QED) is 0.784. The molecule has 0 aromatic carbocycles. The van der Waals surface area contributed by atoms with Crippen molar-refractivity contribution in [2.75, 3.05) is 19.6 Å². The Bertz CT molecular complexity index is 628. The van der Waals surface area contributed by atoms with Gasteiger partial charge >= 0.3 is 0 Å². The first kappa shape index (κ1) is 18.9. The summed E-state index contributed by atoms with van der Waals surface area (Å²) < 4.78 is 1.88. The molecule has 0 spiro atoms. The van der Waals surface area contributed by atoms with E-state index >= 15 is 0 Å². The number of piperidine rings is 1. The third kappa shape index (κ3) is 4.62. The Kier molecular flexibility index (Phi) is 6.27. The van der Waals surface area contributed by atoms with Crippen molar-refractivity contribution < 1.29 is 9.59 Å². The van der Waals surface area contributed by atoms with Gasteiger partial charge in [-0.25, -0.2) is 4.98 Å². The minimum absolute atomic E-state index is 0.0398. The number of rotatable bonds is 6. The SMILES string of the molecule is Cc1nc(C)n(CCCNC(=O)C2CCN(C(=O)C3CCCC3)CC2)n1. The molecular formula is C19H31N5O2. The van der Waals surface area contributed by atoms with Gasteiger partial charge in [0, 0.05) is 38.0 Å². The molecule has 1 saturated heterocycles. The second kappa shape index (κ2) is 8.64. The van der Waals surface area contributed by atoms with E-state index in [4.69, 9.17) is 0 Å². The van der Waals surface area contributed by atoms with Crippen LogP contribution in [-0.2, 0) is 16.1 Å². The first-order chi connectivity index (χ1) is 12.5. The fourth-order valence-corrected chi connectivity index (χ4v) is 4.15. The minimum Gasteiger partial charge on any atom is -0.356 e. The highest BCUT2D eigenvalue weighted by molar-refractivity contribution is 5.81. The Morgan fingerprint density at radius 1 is 1.08 bits per heavy atom. The summed E-state index contributed by atoms with van der Waals surface area (Å²) in [7, 11) is 0. The van der Waals surface area contributed by atoms with Gasteiger partial charge in [-0.05, 0) is 46.0 Å². The lowest BCUT2D eigenvalue weighted by atomic mass is 9.94. The Morgan fingerprint density at radius 3 is 2.38 bits per heavy atom. The van der Waals surface area contributed by atoms with Crippen LogP contribution in [-0.4, -0.2) is 51.1 Å². The van der Waals surface area contributed by atoms with E-state index < -0.39 is 0 Å². The number of carbonyl (C=O) groups is 2. The summed E-state index contributed by atoms with van der Waals surface area (Å²) in [6.45, 7) is 6.70. The first-order valence-electron chi connectivity index (χ1n) is 9.99. The molecule has 2 fully saturated rings. The Hall–Kier alpha value is -1.92. The number of nitrogens with one attached hydrogen (secondary N) is 1. The van der Waals surface area contributed by atoms with Crippen LogP contribution >= 0.6 is 0 Å². The molecule has 0 bridgehead atoms. The van der Waals surface area contributed by atoms with Crippen molar-refractivity contribution in [2.24, 2.45) is 11.8 Å². The molecule has 26 heavy (non-hydrogen) atoms. The van der Waals surface area contributed by atoms with Gasteiger partial charge in [0.2, 0.25) is 11.8 Å². The van der Waals surface area contributed by atoms with E-state index in [0.717, 1.165) is 63.4 Å². The van der Waals surface area contributed by atoms with Gasteiger partial charge in [0.25, 0.3) is 0 Å². The highest BCUT2D eigenvalue weighted by atomic mass is 16.2. The molecule has 2 amide bonds. The van der Waals surface area contributed by atoms with Gasteiger partial charge in [-0.3, -0.25) is 14.3 Å². The maximum Gasteiger partial charge on any atom is 0.225 e. The molecule has 0 radical (unpaired) electrons. The largest absolute Gasteiger partial charge is 0.356 e. The topological polar surface area (TPSA) is 80.1 Å². The van der Waals surface area contributed by atoms with Gasteiger partial charge in [0.05, 0.1) is 0 Å². The zero-order chi connectivity index (χ0) is 18.5. The molecular weight excluding hydrogens is 330 g/mol. The molecule has 7 nitrogen and oxygen atoms in total. The molecule has 1 aliphatic heterocycles. The van der Waals surface area contributed by atoms with Gasteiger partial charge in [0.15, 0.2) is 0 Å². The normalized spacial score (nSPS) is 19.1. The predicted molar refractivity (Wildman–Crippen MR) is 98.4 cm³/mol. The lowest BCUT2D eigenvalue weighted by molar-refractivity contribution is -0.139. The molecule has 0 atom stereocenters. The van der Waals surface area contributed by atoms with Gasteiger partial charge < -0.3 is 10.2 Å². The van der Waals surface area contributed by atoms with E-state index in [0.29, 0.717) is 12.5 Å². The Balaban J connectivity index is 1.34. The Labute approximate surface area is 155 Å². The van der Waals surface area contributed by atoms with Crippen molar-refractivity contribution in [1.29, 1.82) is 0 Å². The van der Waals surface area contributed by atoms with Crippen LogP contribution in [0.15, 0.2) is 0 Å². The third-order valence-corrected chi connectivity index (χ3v) is 5.69. The summed E-state index contributed by atoms with van der Waals surface area (Å²) in [6, 6.07) is 0. The van der Waals surface area contributed by atoms with E-state index in [1.54, 1.807) is 0 Å². The van der Waals surface area contributed by atoms with Crippen molar-refractivity contribution >= 4 is 11.8 Å². The molecule has 2 heterocycles. The summed E-state index contributed by atoms with van der Waals surface area (Å²) in [4.78, 5) is 31.1. The fraction of sp³-hybridized carbons (Fsp3) is 0.789. The van der Waals surface area contributed by atoms with Crippen LogP contribution in [0.4, 0.5) is 0 Å². The van der Waals surface area contributed by atoms with Gasteiger partial charge in [-0.1, -0.05) is 12.8 Å². The maximum atomic E-state index is 12.5. The number of likely N-dealkylation sites (tertiary alicyclic amines) is 1. The molecule has 1 aromatic rings. The second-order valence-electron chi connectivity index (χ2n) is 7.65. The van der Waals surface area contributed by atoms with E-state index in [-0.39, 0.29) is 17.7 Å². The molecule has 1 aromatic heterocycles.